The smallest absolute Gasteiger partial charge is 0.330 e. The molecule has 18 heavy (non-hydrogen) atoms. The second kappa shape index (κ2) is 10.8. The molecule has 0 heterocycles. The molecule has 0 fully saturated rings. The van der Waals surface area contributed by atoms with Crippen LogP contribution in [0.1, 0.15) is 47.0 Å². The zero-order valence-corrected chi connectivity index (χ0v) is 12.1. The van der Waals surface area contributed by atoms with Crippen molar-refractivity contribution in [1.29, 1.82) is 0 Å². The van der Waals surface area contributed by atoms with Gasteiger partial charge in [-0.25, -0.2) is 4.79 Å². The molecule has 0 aliphatic heterocycles. The predicted molar refractivity (Wildman–Crippen MR) is 77.4 cm³/mol. The highest BCUT2D eigenvalue weighted by atomic mass is 16.5. The molecule has 0 aromatic heterocycles. The molecule has 0 radical (unpaired) electrons. The maximum atomic E-state index is 11.0. The van der Waals surface area contributed by atoms with Crippen LogP contribution in [0.5, 0.6) is 0 Å². The van der Waals surface area contributed by atoms with Gasteiger partial charge >= 0.3 is 5.97 Å². The van der Waals surface area contributed by atoms with Crippen LogP contribution < -0.4 is 0 Å². The van der Waals surface area contributed by atoms with E-state index in [-0.39, 0.29) is 5.97 Å². The van der Waals surface area contributed by atoms with Crippen LogP contribution in [0.3, 0.4) is 0 Å². The highest BCUT2D eigenvalue weighted by molar-refractivity contribution is 5.82. The van der Waals surface area contributed by atoms with Crippen molar-refractivity contribution in [1.82, 2.24) is 0 Å². The summed E-state index contributed by atoms with van der Waals surface area (Å²) >= 11 is 0. The number of carbonyl (C=O) groups is 1. The summed E-state index contributed by atoms with van der Waals surface area (Å²) < 4.78 is 4.78. The molecule has 0 saturated heterocycles. The minimum atomic E-state index is -0.279. The van der Waals surface area contributed by atoms with E-state index in [1.807, 2.05) is 6.08 Å². The van der Waals surface area contributed by atoms with E-state index in [0.717, 1.165) is 12.8 Å². The van der Waals surface area contributed by atoms with E-state index in [1.54, 1.807) is 13.0 Å². The second-order valence-corrected chi connectivity index (χ2v) is 4.74. The maximum absolute atomic E-state index is 11.0. The normalized spacial score (nSPS) is 12.9. The zero-order chi connectivity index (χ0) is 13.8. The number of ether oxygens (including phenoxy) is 1. The molecular weight excluding hydrogens is 224 g/mol. The molecule has 2 nitrogen and oxygen atoms in total. The number of rotatable bonds is 8. The Hall–Kier alpha value is -1.31. The van der Waals surface area contributed by atoms with E-state index < -0.39 is 0 Å². The van der Waals surface area contributed by atoms with Crippen molar-refractivity contribution in [2.45, 2.75) is 47.0 Å². The van der Waals surface area contributed by atoms with Gasteiger partial charge in [-0.3, -0.25) is 0 Å². The van der Waals surface area contributed by atoms with Crippen LogP contribution in [0.15, 0.2) is 36.0 Å². The minimum Gasteiger partial charge on any atom is -0.463 e. The van der Waals surface area contributed by atoms with Crippen LogP contribution in [0.4, 0.5) is 0 Å². The summed E-state index contributed by atoms with van der Waals surface area (Å²) in [6, 6.07) is 0. The fourth-order valence-corrected chi connectivity index (χ4v) is 1.49. The lowest BCUT2D eigenvalue weighted by Crippen LogP contribution is -1.98. The summed E-state index contributed by atoms with van der Waals surface area (Å²) in [6.45, 7) is 8.73. The van der Waals surface area contributed by atoms with Crippen LogP contribution in [-0.4, -0.2) is 12.6 Å². The van der Waals surface area contributed by atoms with E-state index in [4.69, 9.17) is 4.74 Å². The van der Waals surface area contributed by atoms with Crippen LogP contribution in [-0.2, 0) is 9.53 Å². The predicted octanol–water partition coefficient (Wildman–Crippen LogP) is 4.43. The Bertz CT molecular complexity index is 307. The van der Waals surface area contributed by atoms with Crippen molar-refractivity contribution in [3.8, 4) is 0 Å². The highest BCUT2D eigenvalue weighted by Crippen LogP contribution is 2.12. The molecule has 0 aliphatic carbocycles. The van der Waals surface area contributed by atoms with Gasteiger partial charge in [0, 0.05) is 6.08 Å². The third-order valence-electron chi connectivity index (χ3n) is 2.52. The Balaban J connectivity index is 3.74. The number of hydrogen-bond donors (Lipinski definition) is 0. The van der Waals surface area contributed by atoms with Crippen LogP contribution in [0.25, 0.3) is 0 Å². The Kier molecular flexibility index (Phi) is 10.0. The van der Waals surface area contributed by atoms with Crippen LogP contribution >= 0.6 is 0 Å². The summed E-state index contributed by atoms with van der Waals surface area (Å²) in [5, 5.41) is 0. The number of esters is 1. The molecule has 1 atom stereocenters. The maximum Gasteiger partial charge on any atom is 0.330 e. The largest absolute Gasteiger partial charge is 0.463 e. The van der Waals surface area contributed by atoms with Gasteiger partial charge in [0.15, 0.2) is 0 Å². The van der Waals surface area contributed by atoms with E-state index in [2.05, 4.69) is 32.9 Å². The average Bonchev–Trinajstić information content (AvgIpc) is 2.28. The Morgan fingerprint density at radius 3 is 2.61 bits per heavy atom. The van der Waals surface area contributed by atoms with Gasteiger partial charge in [0.05, 0.1) is 6.61 Å². The fourth-order valence-electron chi connectivity index (χ4n) is 1.49. The molecule has 0 aliphatic rings. The van der Waals surface area contributed by atoms with E-state index in [0.29, 0.717) is 12.5 Å². The lowest BCUT2D eigenvalue weighted by molar-refractivity contribution is -0.137. The van der Waals surface area contributed by atoms with Crippen molar-refractivity contribution < 1.29 is 9.53 Å². The Morgan fingerprint density at radius 1 is 1.28 bits per heavy atom. The number of carbonyl (C=O) groups excluding carboxylic acids is 1. The third kappa shape index (κ3) is 11.2. The minimum absolute atomic E-state index is 0.279. The Labute approximate surface area is 111 Å². The monoisotopic (exact) mass is 250 g/mol. The van der Waals surface area contributed by atoms with Crippen molar-refractivity contribution >= 4 is 5.97 Å². The summed E-state index contributed by atoms with van der Waals surface area (Å²) in [4.78, 5) is 11.0. The van der Waals surface area contributed by atoms with Crippen molar-refractivity contribution in [2.24, 2.45) is 5.92 Å². The molecule has 0 rings (SSSR count). The van der Waals surface area contributed by atoms with E-state index >= 15 is 0 Å². The van der Waals surface area contributed by atoms with Crippen molar-refractivity contribution in [3.63, 3.8) is 0 Å². The van der Waals surface area contributed by atoms with Gasteiger partial charge in [-0.1, -0.05) is 36.8 Å². The molecular formula is C16H26O2. The molecule has 0 saturated carbocycles. The quantitative estimate of drug-likeness (QED) is 0.275. The van der Waals surface area contributed by atoms with E-state index in [1.165, 1.54) is 18.1 Å². The van der Waals surface area contributed by atoms with Crippen molar-refractivity contribution in [3.05, 3.63) is 36.0 Å². The van der Waals surface area contributed by atoms with Crippen molar-refractivity contribution in [2.75, 3.05) is 6.61 Å². The van der Waals surface area contributed by atoms with Crippen LogP contribution in [0.2, 0.25) is 0 Å². The van der Waals surface area contributed by atoms with Gasteiger partial charge < -0.3 is 4.74 Å². The number of allylic oxidation sites excluding steroid dienone is 5. The fraction of sp³-hybridized carbons (Fsp3) is 0.562. The van der Waals surface area contributed by atoms with Crippen LogP contribution in [0, 0.1) is 5.92 Å². The topological polar surface area (TPSA) is 26.3 Å². The first-order valence-corrected chi connectivity index (χ1v) is 6.69. The number of hydrogen-bond acceptors (Lipinski definition) is 2. The molecule has 0 N–H and O–H groups in total. The van der Waals surface area contributed by atoms with Gasteiger partial charge in [0.2, 0.25) is 0 Å². The first-order valence-electron chi connectivity index (χ1n) is 6.69. The molecule has 0 aromatic carbocycles. The average molecular weight is 250 g/mol. The highest BCUT2D eigenvalue weighted by Gasteiger charge is 1.97. The molecule has 2 heteroatoms. The summed E-state index contributed by atoms with van der Waals surface area (Å²) in [7, 11) is 0. The standard InChI is InChI=1S/C16H26O2/c1-5-18-16(17)13-8-6-7-11-15(4)12-9-10-14(2)3/h6-8,10,13,15H,5,9,11-12H2,1-4H3/b7-6-,13-8+. The molecule has 102 valence electrons. The van der Waals surface area contributed by atoms with Gasteiger partial charge in [0.1, 0.15) is 0 Å². The lowest BCUT2D eigenvalue weighted by Gasteiger charge is -2.05. The van der Waals surface area contributed by atoms with Gasteiger partial charge in [0.25, 0.3) is 0 Å². The summed E-state index contributed by atoms with van der Waals surface area (Å²) in [6.07, 6.45) is 12.9. The second-order valence-electron chi connectivity index (χ2n) is 4.74. The molecule has 0 aromatic rings. The van der Waals surface area contributed by atoms with E-state index in [9.17, 15) is 4.79 Å². The first-order chi connectivity index (χ1) is 8.56. The molecule has 1 unspecified atom stereocenters. The Morgan fingerprint density at radius 2 is 2.00 bits per heavy atom. The zero-order valence-electron chi connectivity index (χ0n) is 12.1. The first kappa shape index (κ1) is 16.7. The molecule has 0 bridgehead atoms. The lowest BCUT2D eigenvalue weighted by atomic mass is 10.0. The van der Waals surface area contributed by atoms with Gasteiger partial charge in [-0.05, 0) is 46.0 Å². The summed E-state index contributed by atoms with van der Waals surface area (Å²) in [5.41, 5.74) is 1.38. The molecule has 0 amide bonds. The summed E-state index contributed by atoms with van der Waals surface area (Å²) in [5.74, 6) is 0.395. The van der Waals surface area contributed by atoms with Gasteiger partial charge in [-0.2, -0.15) is 0 Å². The molecule has 0 spiro atoms. The SMILES string of the molecule is CCOC(=O)/C=C/C=C\CC(C)CCC=C(C)C. The third-order valence-corrected chi connectivity index (χ3v) is 2.52. The van der Waals surface area contributed by atoms with Gasteiger partial charge in [-0.15, -0.1) is 0 Å².